The van der Waals surface area contributed by atoms with Crippen LogP contribution in [0.25, 0.3) is 11.1 Å². The molecule has 0 saturated heterocycles. The van der Waals surface area contributed by atoms with Gasteiger partial charge in [0.25, 0.3) is 11.6 Å². The third-order valence-electron chi connectivity index (χ3n) is 5.13. The molecule has 0 unspecified atom stereocenters. The number of carbonyl (C=O) groups is 2. The van der Waals surface area contributed by atoms with E-state index in [2.05, 4.69) is 10.3 Å². The summed E-state index contributed by atoms with van der Waals surface area (Å²) in [6.07, 6.45) is 2.24. The fourth-order valence-corrected chi connectivity index (χ4v) is 3.52. The Balaban J connectivity index is 1.39. The molecule has 0 aliphatic heterocycles. The van der Waals surface area contributed by atoms with E-state index in [0.29, 0.717) is 30.0 Å². The van der Waals surface area contributed by atoms with Gasteiger partial charge in [-0.15, -0.1) is 0 Å². The van der Waals surface area contributed by atoms with Crippen molar-refractivity contribution in [2.75, 3.05) is 6.54 Å². The third-order valence-corrected chi connectivity index (χ3v) is 5.13. The molecule has 164 valence electrons. The van der Waals surface area contributed by atoms with Crippen molar-refractivity contribution in [3.63, 3.8) is 0 Å². The zero-order chi connectivity index (χ0) is 23.0. The summed E-state index contributed by atoms with van der Waals surface area (Å²) in [5, 5.41) is 3.01. The van der Waals surface area contributed by atoms with E-state index in [0.717, 1.165) is 16.7 Å². The fraction of sp³-hybridized carbons (Fsp3) is 0.0741. The maximum absolute atomic E-state index is 12.8. The van der Waals surface area contributed by atoms with Crippen LogP contribution in [-0.2, 0) is 6.42 Å². The molecule has 4 rings (SSSR count). The van der Waals surface area contributed by atoms with Gasteiger partial charge in [-0.05, 0) is 41.3 Å². The number of hydrogen-bond donors (Lipinski definition) is 2. The summed E-state index contributed by atoms with van der Waals surface area (Å²) in [4.78, 5) is 27.0. The van der Waals surface area contributed by atoms with Crippen LogP contribution in [-0.4, -0.2) is 18.4 Å². The molecule has 3 aromatic carbocycles. The number of pyridine rings is 1. The Kier molecular flexibility index (Phi) is 6.75. The largest absolute Gasteiger partial charge is 0.457 e. The van der Waals surface area contributed by atoms with E-state index in [9.17, 15) is 9.59 Å². The van der Waals surface area contributed by atoms with E-state index in [1.54, 1.807) is 18.3 Å². The van der Waals surface area contributed by atoms with Crippen molar-refractivity contribution in [1.82, 2.24) is 5.32 Å². The molecule has 0 atom stereocenters. The number of rotatable bonds is 8. The lowest BCUT2D eigenvalue weighted by Crippen LogP contribution is -2.26. The Bertz CT molecular complexity index is 1270. The SMILES string of the molecule is NC(=O)c1cc(Oc2cccc(CCNC(=O)c3ccccc3-c3ccccc3)c2)cc[nH+]1. The Morgan fingerprint density at radius 3 is 2.42 bits per heavy atom. The number of nitrogens with one attached hydrogen (secondary N) is 2. The standard InChI is InChI=1S/C27H23N3O3/c28-26(31)25-18-22(14-16-29-25)33-21-10-6-7-19(17-21)13-15-30-27(32)24-12-5-4-11-23(24)20-8-2-1-3-9-20/h1-12,14,16-18H,13,15H2,(H2,28,31)(H,30,32)/p+1. The molecular formula is C27H24N3O3+. The number of primary amides is 1. The maximum Gasteiger partial charge on any atom is 0.313 e. The van der Waals surface area contributed by atoms with Gasteiger partial charge in [-0.1, -0.05) is 60.7 Å². The minimum atomic E-state index is -0.557. The molecule has 6 nitrogen and oxygen atoms in total. The lowest BCUT2D eigenvalue weighted by atomic mass is 9.99. The predicted octanol–water partition coefficient (Wildman–Crippen LogP) is 4.03. The summed E-state index contributed by atoms with van der Waals surface area (Å²) < 4.78 is 5.86. The van der Waals surface area contributed by atoms with Crippen molar-refractivity contribution in [3.8, 4) is 22.6 Å². The quantitative estimate of drug-likeness (QED) is 0.435. The smallest absolute Gasteiger partial charge is 0.313 e. The molecule has 0 aliphatic carbocycles. The summed E-state index contributed by atoms with van der Waals surface area (Å²) in [5.41, 5.74) is 9.14. The highest BCUT2D eigenvalue weighted by molar-refractivity contribution is 6.00. The van der Waals surface area contributed by atoms with Crippen molar-refractivity contribution in [2.45, 2.75) is 6.42 Å². The number of ether oxygens (including phenoxy) is 1. The van der Waals surface area contributed by atoms with Gasteiger partial charge in [0.05, 0.1) is 6.07 Å². The summed E-state index contributed by atoms with van der Waals surface area (Å²) >= 11 is 0. The predicted molar refractivity (Wildman–Crippen MR) is 126 cm³/mol. The Morgan fingerprint density at radius 1 is 0.848 bits per heavy atom. The van der Waals surface area contributed by atoms with Crippen LogP contribution in [0.1, 0.15) is 26.4 Å². The monoisotopic (exact) mass is 438 g/mol. The minimum absolute atomic E-state index is 0.110. The van der Waals surface area contributed by atoms with Crippen LogP contribution in [0, 0.1) is 0 Å². The van der Waals surface area contributed by atoms with Gasteiger partial charge in [0, 0.05) is 18.2 Å². The second-order valence-electron chi connectivity index (χ2n) is 7.47. The summed E-state index contributed by atoms with van der Waals surface area (Å²) in [6, 6.07) is 28.3. The molecule has 0 radical (unpaired) electrons. The van der Waals surface area contributed by atoms with Gasteiger partial charge in [0.2, 0.25) is 0 Å². The average Bonchev–Trinajstić information content (AvgIpc) is 2.85. The fourth-order valence-electron chi connectivity index (χ4n) is 3.52. The summed E-state index contributed by atoms with van der Waals surface area (Å²) in [5.74, 6) is 0.473. The van der Waals surface area contributed by atoms with Crippen molar-refractivity contribution in [3.05, 3.63) is 114 Å². The van der Waals surface area contributed by atoms with E-state index in [-0.39, 0.29) is 11.6 Å². The van der Waals surface area contributed by atoms with E-state index in [1.807, 2.05) is 78.9 Å². The first-order chi connectivity index (χ1) is 16.1. The van der Waals surface area contributed by atoms with Crippen LogP contribution in [0.4, 0.5) is 0 Å². The number of benzene rings is 3. The molecule has 2 amide bonds. The van der Waals surface area contributed by atoms with Crippen molar-refractivity contribution in [1.29, 1.82) is 0 Å². The molecule has 33 heavy (non-hydrogen) atoms. The van der Waals surface area contributed by atoms with E-state index < -0.39 is 5.91 Å². The van der Waals surface area contributed by atoms with Crippen LogP contribution in [0.15, 0.2) is 97.2 Å². The number of aromatic nitrogens is 1. The highest BCUT2D eigenvalue weighted by Crippen LogP contribution is 2.24. The van der Waals surface area contributed by atoms with Gasteiger partial charge < -0.3 is 15.8 Å². The van der Waals surface area contributed by atoms with Gasteiger partial charge in [-0.2, -0.15) is 0 Å². The Hall–Kier alpha value is -4.45. The average molecular weight is 439 g/mol. The number of amides is 2. The minimum Gasteiger partial charge on any atom is -0.457 e. The summed E-state index contributed by atoms with van der Waals surface area (Å²) in [7, 11) is 0. The lowest BCUT2D eigenvalue weighted by Gasteiger charge is -2.11. The molecule has 4 aromatic rings. The molecule has 0 bridgehead atoms. The Morgan fingerprint density at radius 2 is 1.61 bits per heavy atom. The number of nitrogens with two attached hydrogens (primary N) is 1. The van der Waals surface area contributed by atoms with Crippen LogP contribution in [0.2, 0.25) is 0 Å². The number of hydrogen-bond acceptors (Lipinski definition) is 3. The molecule has 0 aliphatic rings. The van der Waals surface area contributed by atoms with Crippen LogP contribution < -0.4 is 20.8 Å². The van der Waals surface area contributed by atoms with Gasteiger partial charge in [0.15, 0.2) is 6.20 Å². The molecule has 1 heterocycles. The van der Waals surface area contributed by atoms with E-state index in [4.69, 9.17) is 10.5 Å². The zero-order valence-electron chi connectivity index (χ0n) is 18.0. The van der Waals surface area contributed by atoms with Crippen molar-refractivity contribution < 1.29 is 19.3 Å². The van der Waals surface area contributed by atoms with E-state index in [1.165, 1.54) is 0 Å². The molecule has 6 heteroatoms. The maximum atomic E-state index is 12.8. The Labute approximate surface area is 192 Å². The van der Waals surface area contributed by atoms with Crippen LogP contribution in [0.5, 0.6) is 11.5 Å². The lowest BCUT2D eigenvalue weighted by molar-refractivity contribution is -0.382. The van der Waals surface area contributed by atoms with Gasteiger partial charge in [-0.25, -0.2) is 4.98 Å². The van der Waals surface area contributed by atoms with Crippen molar-refractivity contribution in [2.24, 2.45) is 5.73 Å². The van der Waals surface area contributed by atoms with E-state index >= 15 is 0 Å². The molecule has 4 N–H and O–H groups in total. The molecule has 0 saturated carbocycles. The zero-order valence-corrected chi connectivity index (χ0v) is 18.0. The van der Waals surface area contributed by atoms with Crippen LogP contribution in [0.3, 0.4) is 0 Å². The first-order valence-electron chi connectivity index (χ1n) is 10.6. The normalized spacial score (nSPS) is 10.4. The molecular weight excluding hydrogens is 414 g/mol. The second kappa shape index (κ2) is 10.2. The highest BCUT2D eigenvalue weighted by Gasteiger charge is 2.12. The highest BCUT2D eigenvalue weighted by atomic mass is 16.5. The van der Waals surface area contributed by atoms with Crippen molar-refractivity contribution >= 4 is 11.8 Å². The number of carbonyl (C=O) groups excluding carboxylic acids is 2. The van der Waals surface area contributed by atoms with Gasteiger partial charge in [0.1, 0.15) is 11.5 Å². The van der Waals surface area contributed by atoms with Crippen LogP contribution >= 0.6 is 0 Å². The summed E-state index contributed by atoms with van der Waals surface area (Å²) in [6.45, 7) is 0.484. The van der Waals surface area contributed by atoms with Gasteiger partial charge >= 0.3 is 5.91 Å². The molecule has 0 spiro atoms. The second-order valence-corrected chi connectivity index (χ2v) is 7.47. The first-order valence-corrected chi connectivity index (χ1v) is 10.6. The number of H-pyrrole nitrogens is 1. The molecule has 0 fully saturated rings. The third kappa shape index (κ3) is 5.62. The first kappa shape index (κ1) is 21.8. The molecule has 1 aromatic heterocycles. The topological polar surface area (TPSA) is 95.6 Å². The number of aromatic amines is 1. The van der Waals surface area contributed by atoms with Gasteiger partial charge in [-0.3, -0.25) is 9.59 Å².